The molecule has 2 rings (SSSR count). The van der Waals surface area contributed by atoms with Gasteiger partial charge in [-0.25, -0.2) is 4.98 Å². The van der Waals surface area contributed by atoms with E-state index in [2.05, 4.69) is 49.4 Å². The zero-order chi connectivity index (χ0) is 13.1. The van der Waals surface area contributed by atoms with Crippen molar-refractivity contribution >= 4 is 22.7 Å². The predicted molar refractivity (Wildman–Crippen MR) is 80.8 cm³/mol. The van der Waals surface area contributed by atoms with Gasteiger partial charge >= 0.3 is 0 Å². The summed E-state index contributed by atoms with van der Waals surface area (Å²) in [4.78, 5) is 7.44. The molecule has 0 aliphatic rings. The molecule has 18 heavy (non-hydrogen) atoms. The van der Waals surface area contributed by atoms with Gasteiger partial charge in [0.15, 0.2) is 0 Å². The van der Waals surface area contributed by atoms with Crippen molar-refractivity contribution in [2.24, 2.45) is 0 Å². The molecule has 2 aromatic heterocycles. The lowest BCUT2D eigenvalue weighted by Crippen LogP contribution is -2.22. The van der Waals surface area contributed by atoms with Crippen LogP contribution in [0.5, 0.6) is 0 Å². The second kappa shape index (κ2) is 5.95. The Labute approximate surface area is 117 Å². The van der Waals surface area contributed by atoms with Crippen molar-refractivity contribution in [2.45, 2.75) is 40.2 Å². The van der Waals surface area contributed by atoms with Gasteiger partial charge in [0, 0.05) is 22.2 Å². The van der Waals surface area contributed by atoms with Crippen LogP contribution in [0.2, 0.25) is 0 Å². The van der Waals surface area contributed by atoms with Crippen LogP contribution in [0.1, 0.15) is 39.0 Å². The normalized spacial score (nSPS) is 12.9. The van der Waals surface area contributed by atoms with Crippen molar-refractivity contribution in [3.8, 4) is 0 Å². The zero-order valence-electron chi connectivity index (χ0n) is 11.4. The topological polar surface area (TPSA) is 24.9 Å². The molecular formula is C14H20N2S2. The number of thiazole rings is 1. The molecule has 0 saturated heterocycles. The number of nitrogens with zero attached hydrogens (tertiary/aromatic N) is 1. The lowest BCUT2D eigenvalue weighted by Gasteiger charge is -2.16. The first kappa shape index (κ1) is 13.7. The molecule has 1 N–H and O–H groups in total. The van der Waals surface area contributed by atoms with E-state index in [1.807, 2.05) is 22.7 Å². The highest BCUT2D eigenvalue weighted by atomic mass is 32.1. The van der Waals surface area contributed by atoms with Crippen LogP contribution in [0.15, 0.2) is 11.4 Å². The third kappa shape index (κ3) is 2.99. The summed E-state index contributed by atoms with van der Waals surface area (Å²) in [5, 5.41) is 6.99. The van der Waals surface area contributed by atoms with Crippen molar-refractivity contribution in [3.63, 3.8) is 0 Å². The van der Waals surface area contributed by atoms with Crippen LogP contribution in [0.25, 0.3) is 0 Å². The van der Waals surface area contributed by atoms with Crippen molar-refractivity contribution in [1.82, 2.24) is 10.3 Å². The molecule has 0 radical (unpaired) electrons. The van der Waals surface area contributed by atoms with Gasteiger partial charge in [-0.05, 0) is 44.3 Å². The van der Waals surface area contributed by atoms with Crippen molar-refractivity contribution in [1.29, 1.82) is 0 Å². The molecule has 98 valence electrons. The molecule has 0 saturated carbocycles. The van der Waals surface area contributed by atoms with Crippen LogP contribution in [-0.2, 0) is 6.42 Å². The molecule has 0 amide bonds. The Hall–Kier alpha value is -0.710. The second-order valence-electron chi connectivity index (χ2n) is 4.53. The average Bonchev–Trinajstić information content (AvgIpc) is 2.86. The minimum atomic E-state index is 0.403. The van der Waals surface area contributed by atoms with Crippen LogP contribution in [0.3, 0.4) is 0 Å². The molecule has 2 heterocycles. The summed E-state index contributed by atoms with van der Waals surface area (Å²) >= 11 is 3.67. The summed E-state index contributed by atoms with van der Waals surface area (Å²) in [6.07, 6.45) is 0.995. The van der Waals surface area contributed by atoms with Gasteiger partial charge in [-0.3, -0.25) is 0 Å². The lowest BCUT2D eigenvalue weighted by molar-refractivity contribution is 0.554. The molecule has 1 atom stereocenters. The summed E-state index contributed by atoms with van der Waals surface area (Å²) in [5.74, 6) is 0. The van der Waals surface area contributed by atoms with Crippen LogP contribution < -0.4 is 5.32 Å². The van der Waals surface area contributed by atoms with E-state index in [4.69, 9.17) is 0 Å². The summed E-state index contributed by atoms with van der Waals surface area (Å²) in [6.45, 7) is 9.58. The Balaban J connectivity index is 2.19. The highest BCUT2D eigenvalue weighted by molar-refractivity contribution is 7.11. The van der Waals surface area contributed by atoms with Crippen LogP contribution in [-0.4, -0.2) is 11.5 Å². The van der Waals surface area contributed by atoms with Crippen molar-refractivity contribution < 1.29 is 0 Å². The minimum Gasteiger partial charge on any atom is -0.309 e. The van der Waals surface area contributed by atoms with Gasteiger partial charge < -0.3 is 5.32 Å². The van der Waals surface area contributed by atoms with E-state index in [1.165, 1.54) is 26.0 Å². The van der Waals surface area contributed by atoms with E-state index in [1.54, 1.807) is 0 Å². The number of likely N-dealkylation sites (N-methyl/N-ethyl adjacent to an activating group) is 1. The highest BCUT2D eigenvalue weighted by Crippen LogP contribution is 2.28. The quantitative estimate of drug-likeness (QED) is 0.894. The Morgan fingerprint density at radius 3 is 2.61 bits per heavy atom. The second-order valence-corrected chi connectivity index (χ2v) is 6.77. The summed E-state index contributed by atoms with van der Waals surface area (Å²) < 4.78 is 0. The number of aryl methyl sites for hydroxylation is 3. The summed E-state index contributed by atoms with van der Waals surface area (Å²) in [6, 6.07) is 2.60. The van der Waals surface area contributed by atoms with E-state index in [-0.39, 0.29) is 0 Å². The van der Waals surface area contributed by atoms with E-state index in [0.717, 1.165) is 13.0 Å². The van der Waals surface area contributed by atoms with Crippen LogP contribution in [0, 0.1) is 20.8 Å². The zero-order valence-corrected chi connectivity index (χ0v) is 13.0. The monoisotopic (exact) mass is 280 g/mol. The van der Waals surface area contributed by atoms with Gasteiger partial charge in [0.25, 0.3) is 0 Å². The highest BCUT2D eigenvalue weighted by Gasteiger charge is 2.17. The van der Waals surface area contributed by atoms with Crippen LogP contribution in [0.4, 0.5) is 0 Å². The SMILES string of the molecule is CCNC(Cc1nc(C)c(C)s1)c1sccc1C. The fraction of sp³-hybridized carbons (Fsp3) is 0.500. The number of rotatable bonds is 5. The first-order valence-corrected chi connectivity index (χ1v) is 8.01. The van der Waals surface area contributed by atoms with Gasteiger partial charge in [0.1, 0.15) is 0 Å². The Bertz CT molecular complexity index is 494. The standard InChI is InChI=1S/C14H20N2S2/c1-5-15-12(14-9(2)6-7-17-14)8-13-16-10(3)11(4)18-13/h6-7,12,15H,5,8H2,1-4H3. The van der Waals surface area contributed by atoms with E-state index in [9.17, 15) is 0 Å². The maximum atomic E-state index is 4.65. The number of nitrogens with one attached hydrogen (secondary N) is 1. The Kier molecular flexibility index (Phi) is 4.54. The number of thiophene rings is 1. The molecule has 2 aromatic rings. The Morgan fingerprint density at radius 1 is 1.33 bits per heavy atom. The van der Waals surface area contributed by atoms with Gasteiger partial charge in [-0.1, -0.05) is 6.92 Å². The van der Waals surface area contributed by atoms with Gasteiger partial charge in [-0.2, -0.15) is 0 Å². The largest absolute Gasteiger partial charge is 0.309 e. The summed E-state index contributed by atoms with van der Waals surface area (Å²) in [7, 11) is 0. The molecule has 0 aliphatic carbocycles. The molecule has 0 fully saturated rings. The average molecular weight is 280 g/mol. The molecule has 1 unspecified atom stereocenters. The molecule has 0 aromatic carbocycles. The van der Waals surface area contributed by atoms with Crippen molar-refractivity contribution in [3.05, 3.63) is 37.5 Å². The smallest absolute Gasteiger partial charge is 0.0950 e. The number of aromatic nitrogens is 1. The molecule has 0 spiro atoms. The fourth-order valence-electron chi connectivity index (χ4n) is 2.05. The third-order valence-electron chi connectivity index (χ3n) is 3.12. The third-order valence-corrected chi connectivity index (χ3v) is 5.35. The van der Waals surface area contributed by atoms with E-state index in [0.29, 0.717) is 6.04 Å². The first-order valence-electron chi connectivity index (χ1n) is 6.32. The van der Waals surface area contributed by atoms with Crippen molar-refractivity contribution in [2.75, 3.05) is 6.54 Å². The van der Waals surface area contributed by atoms with Gasteiger partial charge in [0.05, 0.1) is 10.7 Å². The van der Waals surface area contributed by atoms with Gasteiger partial charge in [0.2, 0.25) is 0 Å². The number of hydrogen-bond donors (Lipinski definition) is 1. The molecule has 0 aliphatic heterocycles. The fourth-order valence-corrected chi connectivity index (χ4v) is 4.03. The maximum absolute atomic E-state index is 4.65. The lowest BCUT2D eigenvalue weighted by atomic mass is 10.1. The Morgan fingerprint density at radius 2 is 2.11 bits per heavy atom. The summed E-state index contributed by atoms with van der Waals surface area (Å²) in [5.41, 5.74) is 2.56. The molecule has 2 nitrogen and oxygen atoms in total. The maximum Gasteiger partial charge on any atom is 0.0950 e. The molecule has 4 heteroatoms. The predicted octanol–water partition coefficient (Wildman–Crippen LogP) is 4.02. The van der Waals surface area contributed by atoms with Crippen LogP contribution >= 0.6 is 22.7 Å². The number of hydrogen-bond acceptors (Lipinski definition) is 4. The minimum absolute atomic E-state index is 0.403. The molecule has 0 bridgehead atoms. The first-order chi connectivity index (χ1) is 8.61. The molecular weight excluding hydrogens is 260 g/mol. The van der Waals surface area contributed by atoms with E-state index >= 15 is 0 Å². The van der Waals surface area contributed by atoms with E-state index < -0.39 is 0 Å². The van der Waals surface area contributed by atoms with Gasteiger partial charge in [-0.15, -0.1) is 22.7 Å².